The lowest BCUT2D eigenvalue weighted by molar-refractivity contribution is 0.870. The van der Waals surface area contributed by atoms with Gasteiger partial charge in [-0.3, -0.25) is 4.99 Å². The van der Waals surface area contributed by atoms with E-state index in [1.54, 1.807) is 0 Å². The third kappa shape index (κ3) is 1.56. The molecule has 0 radical (unpaired) electrons. The van der Waals surface area contributed by atoms with Crippen molar-refractivity contribution in [1.29, 1.82) is 0 Å². The molecule has 2 atom stereocenters. The van der Waals surface area contributed by atoms with Gasteiger partial charge >= 0.3 is 0 Å². The number of hydrogen-bond donors (Lipinski definition) is 0. The lowest BCUT2D eigenvalue weighted by Crippen LogP contribution is -2.08. The molecule has 0 aromatic rings. The zero-order valence-electron chi connectivity index (χ0n) is 6.54. The number of rotatable bonds is 1. The molecule has 0 bridgehead atoms. The highest BCUT2D eigenvalue weighted by atomic mass is 14.8. The average Bonchev–Trinajstić information content (AvgIpc) is 1.88. The monoisotopic (exact) mass is 135 g/mol. The van der Waals surface area contributed by atoms with E-state index in [0.717, 1.165) is 5.57 Å². The van der Waals surface area contributed by atoms with E-state index in [-0.39, 0.29) is 0 Å². The van der Waals surface area contributed by atoms with Crippen molar-refractivity contribution in [3.05, 3.63) is 24.3 Å². The van der Waals surface area contributed by atoms with Crippen molar-refractivity contribution in [2.24, 2.45) is 10.9 Å². The van der Waals surface area contributed by atoms with Crippen LogP contribution in [0.4, 0.5) is 0 Å². The Kier molecular flexibility index (Phi) is 2.05. The average molecular weight is 135 g/mol. The van der Waals surface area contributed by atoms with Crippen LogP contribution in [0.1, 0.15) is 13.8 Å². The Bertz CT molecular complexity index is 175. The number of hydrogen-bond acceptors (Lipinski definition) is 1. The summed E-state index contributed by atoms with van der Waals surface area (Å²) in [7, 11) is 0. The molecule has 0 aromatic heterocycles. The van der Waals surface area contributed by atoms with Crippen LogP contribution in [-0.4, -0.2) is 12.3 Å². The van der Waals surface area contributed by atoms with E-state index >= 15 is 0 Å². The van der Waals surface area contributed by atoms with E-state index in [1.165, 1.54) is 0 Å². The Morgan fingerprint density at radius 1 is 1.50 bits per heavy atom. The molecule has 0 N–H and O–H groups in total. The molecule has 10 heavy (non-hydrogen) atoms. The number of allylic oxidation sites excluding steroid dienone is 2. The Hall–Kier alpha value is -0.850. The topological polar surface area (TPSA) is 12.4 Å². The highest BCUT2D eigenvalue weighted by Crippen LogP contribution is 2.12. The van der Waals surface area contributed by atoms with Gasteiger partial charge in [0.15, 0.2) is 0 Å². The smallest absolute Gasteiger partial charge is 0.0648 e. The Morgan fingerprint density at radius 3 is 2.60 bits per heavy atom. The quantitative estimate of drug-likeness (QED) is 0.489. The Morgan fingerprint density at radius 2 is 2.20 bits per heavy atom. The van der Waals surface area contributed by atoms with Gasteiger partial charge in [-0.05, 0) is 13.8 Å². The van der Waals surface area contributed by atoms with E-state index in [0.29, 0.717) is 12.0 Å². The van der Waals surface area contributed by atoms with Crippen LogP contribution in [0.5, 0.6) is 0 Å². The van der Waals surface area contributed by atoms with Crippen LogP contribution < -0.4 is 0 Å². The zero-order chi connectivity index (χ0) is 7.56. The van der Waals surface area contributed by atoms with Crippen LogP contribution in [0.15, 0.2) is 29.3 Å². The standard InChI is InChI=1S/C9H13N/c1-7(2)9-5-4-8(3)10-6-9/h4-6,8-9H,1H2,2-3H3. The normalized spacial score (nSPS) is 30.6. The summed E-state index contributed by atoms with van der Waals surface area (Å²) in [5.41, 5.74) is 1.16. The van der Waals surface area contributed by atoms with E-state index in [4.69, 9.17) is 0 Å². The minimum Gasteiger partial charge on any atom is -0.289 e. The van der Waals surface area contributed by atoms with Gasteiger partial charge < -0.3 is 0 Å². The fraction of sp³-hybridized carbons (Fsp3) is 0.444. The highest BCUT2D eigenvalue weighted by molar-refractivity contribution is 5.68. The van der Waals surface area contributed by atoms with E-state index in [1.807, 2.05) is 13.1 Å². The van der Waals surface area contributed by atoms with Crippen LogP contribution in [-0.2, 0) is 0 Å². The maximum Gasteiger partial charge on any atom is 0.0648 e. The molecule has 0 aliphatic carbocycles. The molecule has 0 amide bonds. The summed E-state index contributed by atoms with van der Waals surface area (Å²) in [6.45, 7) is 7.96. The largest absolute Gasteiger partial charge is 0.289 e. The molecule has 0 saturated heterocycles. The third-order valence-electron chi connectivity index (χ3n) is 1.65. The Labute approximate surface area is 62.2 Å². The first kappa shape index (κ1) is 7.26. The SMILES string of the molecule is C=C(C)C1C=CC(C)N=C1. The molecule has 1 heterocycles. The first-order valence-corrected chi connectivity index (χ1v) is 3.57. The minimum absolute atomic E-state index is 0.357. The van der Waals surface area contributed by atoms with Gasteiger partial charge in [0.25, 0.3) is 0 Å². The van der Waals surface area contributed by atoms with Gasteiger partial charge in [-0.25, -0.2) is 0 Å². The van der Waals surface area contributed by atoms with Crippen LogP contribution in [0.25, 0.3) is 0 Å². The minimum atomic E-state index is 0.357. The summed E-state index contributed by atoms with van der Waals surface area (Å²) >= 11 is 0. The highest BCUT2D eigenvalue weighted by Gasteiger charge is 2.06. The van der Waals surface area contributed by atoms with Gasteiger partial charge in [-0.15, -0.1) is 0 Å². The summed E-state index contributed by atoms with van der Waals surface area (Å²) in [5, 5.41) is 0. The second-order valence-corrected chi connectivity index (χ2v) is 2.80. The molecule has 1 aliphatic heterocycles. The molecule has 0 fully saturated rings. The number of aliphatic imine (C=N–C) groups is 1. The van der Waals surface area contributed by atoms with E-state index in [9.17, 15) is 0 Å². The number of nitrogens with zero attached hydrogens (tertiary/aromatic N) is 1. The van der Waals surface area contributed by atoms with Gasteiger partial charge in [-0.2, -0.15) is 0 Å². The molecule has 0 saturated carbocycles. The molecule has 1 aliphatic rings. The summed E-state index contributed by atoms with van der Waals surface area (Å²) < 4.78 is 0. The maximum atomic E-state index is 4.26. The van der Waals surface area contributed by atoms with Crippen molar-refractivity contribution in [3.8, 4) is 0 Å². The van der Waals surface area contributed by atoms with Crippen molar-refractivity contribution in [2.45, 2.75) is 19.9 Å². The molecule has 54 valence electrons. The first-order chi connectivity index (χ1) is 4.70. The van der Waals surface area contributed by atoms with Gasteiger partial charge in [0.05, 0.1) is 6.04 Å². The van der Waals surface area contributed by atoms with E-state index < -0.39 is 0 Å². The second-order valence-electron chi connectivity index (χ2n) is 2.80. The van der Waals surface area contributed by atoms with Gasteiger partial charge in [-0.1, -0.05) is 24.3 Å². The second kappa shape index (κ2) is 2.82. The lowest BCUT2D eigenvalue weighted by atomic mass is 10.0. The van der Waals surface area contributed by atoms with Crippen molar-refractivity contribution in [2.75, 3.05) is 0 Å². The molecule has 1 rings (SSSR count). The lowest BCUT2D eigenvalue weighted by Gasteiger charge is -2.12. The van der Waals surface area contributed by atoms with Crippen LogP contribution in [0, 0.1) is 5.92 Å². The van der Waals surface area contributed by atoms with Crippen LogP contribution in [0.3, 0.4) is 0 Å². The first-order valence-electron chi connectivity index (χ1n) is 3.57. The predicted molar refractivity (Wildman–Crippen MR) is 45.4 cm³/mol. The fourth-order valence-corrected chi connectivity index (χ4v) is 0.900. The summed E-state index contributed by atoms with van der Waals surface area (Å²) in [6.07, 6.45) is 6.23. The molecule has 0 spiro atoms. The van der Waals surface area contributed by atoms with Crippen molar-refractivity contribution in [3.63, 3.8) is 0 Å². The molecule has 2 unspecified atom stereocenters. The van der Waals surface area contributed by atoms with Crippen molar-refractivity contribution >= 4 is 6.21 Å². The zero-order valence-corrected chi connectivity index (χ0v) is 6.54. The molecule has 0 aromatic carbocycles. The van der Waals surface area contributed by atoms with Gasteiger partial charge in [0.2, 0.25) is 0 Å². The molecular formula is C9H13N. The fourth-order valence-electron chi connectivity index (χ4n) is 0.900. The van der Waals surface area contributed by atoms with Gasteiger partial charge in [0.1, 0.15) is 0 Å². The summed E-state index contributed by atoms with van der Waals surface area (Å²) in [6, 6.07) is 0.357. The summed E-state index contributed by atoms with van der Waals surface area (Å²) in [4.78, 5) is 4.26. The van der Waals surface area contributed by atoms with Crippen LogP contribution in [0.2, 0.25) is 0 Å². The van der Waals surface area contributed by atoms with Crippen LogP contribution >= 0.6 is 0 Å². The molecular weight excluding hydrogens is 122 g/mol. The maximum absolute atomic E-state index is 4.26. The third-order valence-corrected chi connectivity index (χ3v) is 1.65. The van der Waals surface area contributed by atoms with E-state index in [2.05, 4.69) is 30.6 Å². The van der Waals surface area contributed by atoms with Crippen molar-refractivity contribution in [1.82, 2.24) is 0 Å². The molecule has 1 heteroatoms. The van der Waals surface area contributed by atoms with Crippen molar-refractivity contribution < 1.29 is 0 Å². The number of dihydropyridines is 1. The molecule has 1 nitrogen and oxygen atoms in total. The Balaban J connectivity index is 2.62. The predicted octanol–water partition coefficient (Wildman–Crippen LogP) is 2.21. The summed E-state index contributed by atoms with van der Waals surface area (Å²) in [5.74, 6) is 0.371. The van der Waals surface area contributed by atoms with Gasteiger partial charge in [0, 0.05) is 12.1 Å².